The van der Waals surface area contributed by atoms with Crippen molar-refractivity contribution in [1.82, 2.24) is 9.97 Å². The van der Waals surface area contributed by atoms with E-state index in [-0.39, 0.29) is 0 Å². The number of hydrogen-bond donors (Lipinski definition) is 0. The van der Waals surface area contributed by atoms with E-state index >= 15 is 0 Å². The molecule has 0 bridgehead atoms. The number of allylic oxidation sites excluding steroid dienone is 3. The molecule has 1 heterocycles. The second-order valence-electron chi connectivity index (χ2n) is 3.55. The minimum Gasteiger partial charge on any atom is -0.318 e. The molecule has 80 valence electrons. The summed E-state index contributed by atoms with van der Waals surface area (Å²) >= 11 is 0. The van der Waals surface area contributed by atoms with E-state index in [4.69, 9.17) is 0 Å². The zero-order chi connectivity index (χ0) is 11.4. The molecule has 1 rings (SSSR count). The van der Waals surface area contributed by atoms with Gasteiger partial charge in [0, 0.05) is 24.1 Å². The summed E-state index contributed by atoms with van der Waals surface area (Å²) in [5.41, 5.74) is 3.03. The van der Waals surface area contributed by atoms with Gasteiger partial charge in [-0.2, -0.15) is 0 Å². The lowest BCUT2D eigenvalue weighted by molar-refractivity contribution is 0.947. The van der Waals surface area contributed by atoms with Gasteiger partial charge in [0.15, 0.2) is 0 Å². The quantitative estimate of drug-likeness (QED) is 0.707. The van der Waals surface area contributed by atoms with Gasteiger partial charge in [-0.15, -0.1) is 0 Å². The molecule has 0 aliphatic heterocycles. The Kier molecular flexibility index (Phi) is 3.61. The van der Waals surface area contributed by atoms with Crippen LogP contribution in [-0.2, 0) is 0 Å². The van der Waals surface area contributed by atoms with E-state index in [1.54, 1.807) is 6.08 Å². The summed E-state index contributed by atoms with van der Waals surface area (Å²) in [6, 6.07) is 1.96. The van der Waals surface area contributed by atoms with Gasteiger partial charge in [0.25, 0.3) is 0 Å². The molecule has 0 spiro atoms. The van der Waals surface area contributed by atoms with Crippen molar-refractivity contribution in [1.29, 1.82) is 0 Å². The molecule has 0 saturated carbocycles. The maximum atomic E-state index is 4.38. The highest BCUT2D eigenvalue weighted by molar-refractivity contribution is 5.39. The van der Waals surface area contributed by atoms with E-state index in [9.17, 15) is 0 Å². The Hall–Kier alpha value is -1.64. The van der Waals surface area contributed by atoms with Gasteiger partial charge >= 0.3 is 0 Å². The normalized spacial score (nSPS) is 11.3. The lowest BCUT2D eigenvalue weighted by Gasteiger charge is -2.18. The summed E-state index contributed by atoms with van der Waals surface area (Å²) in [6.07, 6.45) is 3.69. The number of anilines is 1. The Balaban J connectivity index is 3.05. The summed E-state index contributed by atoms with van der Waals surface area (Å²) in [5, 5.41) is 0. The first-order valence-electron chi connectivity index (χ1n) is 4.90. The van der Waals surface area contributed by atoms with Crippen LogP contribution in [0.25, 0.3) is 0 Å². The molecule has 0 fully saturated rings. The van der Waals surface area contributed by atoms with Crippen molar-refractivity contribution in [3.8, 4) is 0 Å². The molecule has 0 unspecified atom stereocenters. The summed E-state index contributed by atoms with van der Waals surface area (Å²) in [7, 11) is 1.95. The Morgan fingerprint density at radius 3 is 2.33 bits per heavy atom. The van der Waals surface area contributed by atoms with Crippen LogP contribution >= 0.6 is 0 Å². The standard InChI is InChI=1S/C12H17N3/c1-6-7-11(4)15(5)12-13-9(2)8-10(3)14-12/h6-8H,1H2,2-5H3/b11-7-. The summed E-state index contributed by atoms with van der Waals surface area (Å²) in [6.45, 7) is 9.61. The first kappa shape index (κ1) is 11.4. The Morgan fingerprint density at radius 2 is 1.87 bits per heavy atom. The van der Waals surface area contributed by atoms with Crippen molar-refractivity contribution in [3.63, 3.8) is 0 Å². The Labute approximate surface area is 91.2 Å². The highest BCUT2D eigenvalue weighted by Crippen LogP contribution is 2.12. The fourth-order valence-electron chi connectivity index (χ4n) is 1.30. The van der Waals surface area contributed by atoms with Crippen LogP contribution in [0.5, 0.6) is 0 Å². The fraction of sp³-hybridized carbons (Fsp3) is 0.333. The first-order chi connectivity index (χ1) is 7.04. The predicted molar refractivity (Wildman–Crippen MR) is 63.9 cm³/mol. The monoisotopic (exact) mass is 203 g/mol. The molecule has 0 N–H and O–H groups in total. The summed E-state index contributed by atoms with van der Waals surface area (Å²) in [4.78, 5) is 10.7. The van der Waals surface area contributed by atoms with Gasteiger partial charge < -0.3 is 4.90 Å². The number of hydrogen-bond acceptors (Lipinski definition) is 3. The maximum absolute atomic E-state index is 4.38. The van der Waals surface area contributed by atoms with Crippen molar-refractivity contribution >= 4 is 5.95 Å². The molecule has 3 nitrogen and oxygen atoms in total. The molecule has 1 aromatic heterocycles. The van der Waals surface area contributed by atoms with Crippen LogP contribution in [0.4, 0.5) is 5.95 Å². The minimum atomic E-state index is 0.725. The second kappa shape index (κ2) is 4.73. The van der Waals surface area contributed by atoms with Crippen molar-refractivity contribution < 1.29 is 0 Å². The highest BCUT2D eigenvalue weighted by atomic mass is 15.2. The summed E-state index contributed by atoms with van der Waals surface area (Å²) < 4.78 is 0. The molecule has 0 aromatic carbocycles. The van der Waals surface area contributed by atoms with Crippen LogP contribution in [0.2, 0.25) is 0 Å². The summed E-state index contributed by atoms with van der Waals surface area (Å²) in [5.74, 6) is 0.725. The number of rotatable bonds is 3. The lowest BCUT2D eigenvalue weighted by Crippen LogP contribution is -2.17. The average molecular weight is 203 g/mol. The van der Waals surface area contributed by atoms with Crippen LogP contribution in [0.15, 0.2) is 30.5 Å². The van der Waals surface area contributed by atoms with Gasteiger partial charge in [-0.25, -0.2) is 9.97 Å². The Bertz CT molecular complexity index is 374. The highest BCUT2D eigenvalue weighted by Gasteiger charge is 2.06. The molecular weight excluding hydrogens is 186 g/mol. The van der Waals surface area contributed by atoms with E-state index in [2.05, 4.69) is 16.5 Å². The molecule has 15 heavy (non-hydrogen) atoms. The number of aryl methyl sites for hydroxylation is 2. The van der Waals surface area contributed by atoms with Crippen LogP contribution < -0.4 is 4.90 Å². The van der Waals surface area contributed by atoms with Crippen molar-refractivity contribution in [2.75, 3.05) is 11.9 Å². The fourth-order valence-corrected chi connectivity index (χ4v) is 1.30. The van der Waals surface area contributed by atoms with Gasteiger partial charge in [-0.3, -0.25) is 0 Å². The van der Waals surface area contributed by atoms with E-state index in [0.29, 0.717) is 0 Å². The number of nitrogens with zero attached hydrogens (tertiary/aromatic N) is 3. The van der Waals surface area contributed by atoms with Crippen LogP contribution in [0.3, 0.4) is 0 Å². The largest absolute Gasteiger partial charge is 0.318 e. The van der Waals surface area contributed by atoms with Gasteiger partial charge in [-0.05, 0) is 32.9 Å². The zero-order valence-corrected chi connectivity index (χ0v) is 9.78. The minimum absolute atomic E-state index is 0.725. The van der Waals surface area contributed by atoms with E-state index in [0.717, 1.165) is 23.0 Å². The van der Waals surface area contributed by atoms with Crippen molar-refractivity contribution in [2.45, 2.75) is 20.8 Å². The number of aromatic nitrogens is 2. The van der Waals surface area contributed by atoms with Gasteiger partial charge in [-0.1, -0.05) is 12.7 Å². The van der Waals surface area contributed by atoms with Gasteiger partial charge in [0.05, 0.1) is 0 Å². The lowest BCUT2D eigenvalue weighted by atomic mass is 10.3. The SMILES string of the molecule is C=C/C=C(/C)N(C)c1nc(C)cc(C)n1. The zero-order valence-electron chi connectivity index (χ0n) is 9.78. The molecule has 0 radical (unpaired) electrons. The van der Waals surface area contributed by atoms with E-state index in [1.165, 1.54) is 0 Å². The van der Waals surface area contributed by atoms with Crippen molar-refractivity contribution in [2.24, 2.45) is 0 Å². The van der Waals surface area contributed by atoms with Crippen LogP contribution in [0.1, 0.15) is 18.3 Å². The maximum Gasteiger partial charge on any atom is 0.229 e. The molecule has 0 saturated heterocycles. The smallest absolute Gasteiger partial charge is 0.229 e. The van der Waals surface area contributed by atoms with Gasteiger partial charge in [0.1, 0.15) is 0 Å². The van der Waals surface area contributed by atoms with Crippen molar-refractivity contribution in [3.05, 3.63) is 41.9 Å². The molecule has 0 aliphatic rings. The topological polar surface area (TPSA) is 29.0 Å². The molecule has 0 aliphatic carbocycles. The van der Waals surface area contributed by atoms with Gasteiger partial charge in [0.2, 0.25) is 5.95 Å². The van der Waals surface area contributed by atoms with E-state index < -0.39 is 0 Å². The molecular formula is C12H17N3. The molecule has 3 heteroatoms. The third-order valence-electron chi connectivity index (χ3n) is 2.16. The molecule has 0 amide bonds. The van der Waals surface area contributed by atoms with Crippen LogP contribution in [0, 0.1) is 13.8 Å². The molecule has 0 atom stereocenters. The molecule has 1 aromatic rings. The second-order valence-corrected chi connectivity index (χ2v) is 3.55. The Morgan fingerprint density at radius 1 is 1.33 bits per heavy atom. The van der Waals surface area contributed by atoms with E-state index in [1.807, 2.05) is 44.9 Å². The average Bonchev–Trinajstić information content (AvgIpc) is 2.15. The van der Waals surface area contributed by atoms with Crippen LogP contribution in [-0.4, -0.2) is 17.0 Å². The third-order valence-corrected chi connectivity index (χ3v) is 2.16. The first-order valence-corrected chi connectivity index (χ1v) is 4.90. The third kappa shape index (κ3) is 2.91. The predicted octanol–water partition coefficient (Wildman–Crippen LogP) is 2.62.